The van der Waals surface area contributed by atoms with Crippen LogP contribution in [0.4, 0.5) is 13.2 Å². The predicted molar refractivity (Wildman–Crippen MR) is 91.6 cm³/mol. The van der Waals surface area contributed by atoms with Gasteiger partial charge in [0.15, 0.2) is 5.69 Å². The first-order valence-corrected chi connectivity index (χ1v) is 8.78. The van der Waals surface area contributed by atoms with Gasteiger partial charge in [0.25, 0.3) is 0 Å². The van der Waals surface area contributed by atoms with Crippen LogP contribution >= 0.6 is 0 Å². The van der Waals surface area contributed by atoms with E-state index in [2.05, 4.69) is 10.4 Å². The predicted octanol–water partition coefficient (Wildman–Crippen LogP) is 4.36. The largest absolute Gasteiger partial charge is 0.435 e. The van der Waals surface area contributed by atoms with E-state index in [0.717, 1.165) is 30.0 Å². The molecule has 0 bridgehead atoms. The van der Waals surface area contributed by atoms with E-state index in [9.17, 15) is 18.0 Å². The second kappa shape index (κ2) is 7.13. The first kappa shape index (κ1) is 18.5. The molecule has 0 radical (unpaired) electrons. The van der Waals surface area contributed by atoms with E-state index in [1.165, 1.54) is 4.68 Å². The molecule has 1 fully saturated rings. The van der Waals surface area contributed by atoms with Crippen molar-refractivity contribution in [2.24, 2.45) is 0 Å². The highest BCUT2D eigenvalue weighted by molar-refractivity contribution is 5.76. The number of carbonyl (C=O) groups excluding carboxylic acids is 1. The van der Waals surface area contributed by atoms with Gasteiger partial charge >= 0.3 is 6.18 Å². The third-order valence-corrected chi connectivity index (χ3v) is 4.61. The van der Waals surface area contributed by atoms with Crippen molar-refractivity contribution in [3.05, 3.63) is 52.8 Å². The average molecular weight is 365 g/mol. The van der Waals surface area contributed by atoms with Gasteiger partial charge in [-0.05, 0) is 37.8 Å². The van der Waals surface area contributed by atoms with Crippen molar-refractivity contribution in [3.63, 3.8) is 0 Å². The molecule has 1 aromatic carbocycles. The highest BCUT2D eigenvalue weighted by Gasteiger charge is 2.38. The molecule has 1 aromatic heterocycles. The quantitative estimate of drug-likeness (QED) is 0.827. The van der Waals surface area contributed by atoms with E-state index in [4.69, 9.17) is 0 Å². The molecule has 0 saturated heterocycles. The van der Waals surface area contributed by atoms with Crippen LogP contribution in [0.1, 0.15) is 60.7 Å². The lowest BCUT2D eigenvalue weighted by Gasteiger charge is -2.18. The standard InChI is InChI=1S/C19H22F3N3O/c1-3-15(13-6-4-12(2)5-7-13)23-18(26)11-25-16(14-8-9-14)10-17(24-25)19(20,21)22/h4-7,10,14-15H,3,8-9,11H2,1-2H3,(H,23,26). The summed E-state index contributed by atoms with van der Waals surface area (Å²) >= 11 is 0. The van der Waals surface area contributed by atoms with Gasteiger partial charge < -0.3 is 5.32 Å². The molecule has 140 valence electrons. The van der Waals surface area contributed by atoms with E-state index >= 15 is 0 Å². The lowest BCUT2D eigenvalue weighted by atomic mass is 10.0. The van der Waals surface area contributed by atoms with Crippen molar-refractivity contribution < 1.29 is 18.0 Å². The minimum atomic E-state index is -4.50. The molecule has 4 nitrogen and oxygen atoms in total. The number of alkyl halides is 3. The van der Waals surface area contributed by atoms with Gasteiger partial charge in [0, 0.05) is 11.6 Å². The van der Waals surface area contributed by atoms with Gasteiger partial charge in [-0.1, -0.05) is 36.8 Å². The van der Waals surface area contributed by atoms with E-state index in [-0.39, 0.29) is 24.4 Å². The van der Waals surface area contributed by atoms with Gasteiger partial charge in [0.05, 0.1) is 6.04 Å². The monoisotopic (exact) mass is 365 g/mol. The average Bonchev–Trinajstić information content (AvgIpc) is 3.33. The molecular weight excluding hydrogens is 343 g/mol. The number of aryl methyl sites for hydroxylation is 1. The maximum Gasteiger partial charge on any atom is 0.435 e. The van der Waals surface area contributed by atoms with Gasteiger partial charge in [-0.15, -0.1) is 0 Å². The Morgan fingerprint density at radius 2 is 1.96 bits per heavy atom. The summed E-state index contributed by atoms with van der Waals surface area (Å²) in [5, 5.41) is 6.54. The molecule has 1 amide bonds. The Hall–Kier alpha value is -2.31. The zero-order chi connectivity index (χ0) is 18.9. The summed E-state index contributed by atoms with van der Waals surface area (Å²) in [7, 11) is 0. The van der Waals surface area contributed by atoms with E-state index < -0.39 is 11.9 Å². The third kappa shape index (κ3) is 4.26. The first-order chi connectivity index (χ1) is 12.3. The lowest BCUT2D eigenvalue weighted by molar-refractivity contribution is -0.141. The smallest absolute Gasteiger partial charge is 0.348 e. The molecule has 2 aromatic rings. The Kier molecular flexibility index (Phi) is 5.07. The molecule has 1 N–H and O–H groups in total. The van der Waals surface area contributed by atoms with E-state index in [0.29, 0.717) is 12.1 Å². The van der Waals surface area contributed by atoms with Crippen LogP contribution in [-0.2, 0) is 17.5 Å². The Bertz CT molecular complexity index is 776. The number of hydrogen-bond acceptors (Lipinski definition) is 2. The fourth-order valence-electron chi connectivity index (χ4n) is 3.00. The van der Waals surface area contributed by atoms with Crippen LogP contribution in [0.15, 0.2) is 30.3 Å². The van der Waals surface area contributed by atoms with Crippen LogP contribution in [0.25, 0.3) is 0 Å². The van der Waals surface area contributed by atoms with Crippen molar-refractivity contribution in [2.75, 3.05) is 0 Å². The van der Waals surface area contributed by atoms with Gasteiger partial charge in [-0.2, -0.15) is 18.3 Å². The van der Waals surface area contributed by atoms with Crippen LogP contribution in [0.3, 0.4) is 0 Å². The number of aromatic nitrogens is 2. The molecule has 0 aliphatic heterocycles. The molecule has 1 aliphatic rings. The normalized spacial score (nSPS) is 15.7. The minimum absolute atomic E-state index is 0.0745. The van der Waals surface area contributed by atoms with Gasteiger partial charge in [-0.3, -0.25) is 9.48 Å². The summed E-state index contributed by atoms with van der Waals surface area (Å²) < 4.78 is 40.0. The number of nitrogens with one attached hydrogen (secondary N) is 1. The lowest BCUT2D eigenvalue weighted by Crippen LogP contribution is -2.32. The summed E-state index contributed by atoms with van der Waals surface area (Å²) in [6, 6.07) is 8.74. The van der Waals surface area contributed by atoms with Crippen molar-refractivity contribution in [1.82, 2.24) is 15.1 Å². The van der Waals surface area contributed by atoms with Crippen LogP contribution in [0.2, 0.25) is 0 Å². The molecule has 1 saturated carbocycles. The minimum Gasteiger partial charge on any atom is -0.348 e. The molecule has 0 spiro atoms. The zero-order valence-corrected chi connectivity index (χ0v) is 14.8. The summed E-state index contributed by atoms with van der Waals surface area (Å²) in [6.45, 7) is 3.74. The molecule has 1 unspecified atom stereocenters. The Balaban J connectivity index is 1.73. The van der Waals surface area contributed by atoms with Gasteiger partial charge in [0.2, 0.25) is 5.91 Å². The molecule has 7 heteroatoms. The highest BCUT2D eigenvalue weighted by Crippen LogP contribution is 2.42. The molecular formula is C19H22F3N3O. The zero-order valence-electron chi connectivity index (χ0n) is 14.8. The summed E-state index contributed by atoms with van der Waals surface area (Å²) in [4.78, 5) is 12.4. The van der Waals surface area contributed by atoms with Crippen LogP contribution in [0, 0.1) is 6.92 Å². The van der Waals surface area contributed by atoms with Crippen molar-refractivity contribution in [3.8, 4) is 0 Å². The summed E-state index contributed by atoms with van der Waals surface area (Å²) in [5.41, 5.74) is 1.67. The van der Waals surface area contributed by atoms with Crippen LogP contribution in [-0.4, -0.2) is 15.7 Å². The maximum absolute atomic E-state index is 12.9. The number of halogens is 3. The first-order valence-electron chi connectivity index (χ1n) is 8.78. The molecule has 1 aliphatic carbocycles. The maximum atomic E-state index is 12.9. The van der Waals surface area contributed by atoms with Crippen molar-refractivity contribution >= 4 is 5.91 Å². The molecule has 1 atom stereocenters. The van der Waals surface area contributed by atoms with Gasteiger partial charge in [0.1, 0.15) is 6.54 Å². The van der Waals surface area contributed by atoms with Crippen LogP contribution in [0.5, 0.6) is 0 Å². The van der Waals surface area contributed by atoms with E-state index in [1.807, 2.05) is 38.1 Å². The van der Waals surface area contributed by atoms with Crippen molar-refractivity contribution in [2.45, 2.75) is 57.8 Å². The molecule has 26 heavy (non-hydrogen) atoms. The summed E-state index contributed by atoms with van der Waals surface area (Å²) in [6.07, 6.45) is -2.13. The number of amides is 1. The van der Waals surface area contributed by atoms with Crippen molar-refractivity contribution in [1.29, 1.82) is 0 Å². The second-order valence-electron chi connectivity index (χ2n) is 6.82. The third-order valence-electron chi connectivity index (χ3n) is 4.61. The SMILES string of the molecule is CCC(NC(=O)Cn1nc(C(F)(F)F)cc1C1CC1)c1ccc(C)cc1. The Labute approximate surface area is 150 Å². The molecule has 3 rings (SSSR count). The number of benzene rings is 1. The number of carbonyl (C=O) groups is 1. The fraction of sp³-hybridized carbons (Fsp3) is 0.474. The second-order valence-corrected chi connectivity index (χ2v) is 6.82. The number of hydrogen-bond donors (Lipinski definition) is 1. The van der Waals surface area contributed by atoms with E-state index in [1.54, 1.807) is 0 Å². The fourth-order valence-corrected chi connectivity index (χ4v) is 3.00. The Morgan fingerprint density at radius 3 is 2.50 bits per heavy atom. The molecule has 1 heterocycles. The van der Waals surface area contributed by atoms with Gasteiger partial charge in [-0.25, -0.2) is 0 Å². The van der Waals surface area contributed by atoms with Crippen LogP contribution < -0.4 is 5.32 Å². The number of nitrogens with zero attached hydrogens (tertiary/aromatic N) is 2. The summed E-state index contributed by atoms with van der Waals surface area (Å²) in [5.74, 6) is -0.262. The number of rotatable bonds is 6. The highest BCUT2D eigenvalue weighted by atomic mass is 19.4. The Morgan fingerprint density at radius 1 is 1.31 bits per heavy atom. The topological polar surface area (TPSA) is 46.9 Å².